The van der Waals surface area contributed by atoms with Gasteiger partial charge in [0.15, 0.2) is 0 Å². The van der Waals surface area contributed by atoms with E-state index in [9.17, 15) is 0 Å². The van der Waals surface area contributed by atoms with Crippen LogP contribution in [-0.2, 0) is 0 Å². The van der Waals surface area contributed by atoms with Crippen LogP contribution in [0.1, 0.15) is 136 Å². The van der Waals surface area contributed by atoms with Gasteiger partial charge >= 0.3 is 0 Å². The normalized spacial score (nSPS) is 41.6. The van der Waals surface area contributed by atoms with Gasteiger partial charge in [-0.1, -0.05) is 78.2 Å². The molecule has 0 saturated heterocycles. The highest BCUT2D eigenvalue weighted by molar-refractivity contribution is 4.87. The van der Waals surface area contributed by atoms with Gasteiger partial charge in [0.25, 0.3) is 0 Å². The van der Waals surface area contributed by atoms with Crippen LogP contribution in [0.4, 0.5) is 0 Å². The van der Waals surface area contributed by atoms with Crippen LogP contribution in [0.5, 0.6) is 0 Å². The van der Waals surface area contributed by atoms with E-state index in [2.05, 4.69) is 33.4 Å². The Kier molecular flexibility index (Phi) is 11.0. The third-order valence-corrected chi connectivity index (χ3v) is 10.2. The van der Waals surface area contributed by atoms with Gasteiger partial charge in [-0.3, -0.25) is 0 Å². The maximum absolute atomic E-state index is 3.93. The molecule has 4 rings (SSSR count). The molecule has 0 aromatic heterocycles. The first-order valence-electron chi connectivity index (χ1n) is 14.7. The summed E-state index contributed by atoms with van der Waals surface area (Å²) in [6.07, 6.45) is 29.2. The van der Waals surface area contributed by atoms with Crippen LogP contribution in [0.3, 0.4) is 0 Å². The maximum atomic E-state index is 3.93. The molecule has 0 aromatic carbocycles. The molecule has 4 fully saturated rings. The lowest BCUT2D eigenvalue weighted by atomic mass is 9.69. The number of allylic oxidation sites excluding steroid dienone is 1. The summed E-state index contributed by atoms with van der Waals surface area (Å²) in [5.74, 6) is 8.31. The van der Waals surface area contributed by atoms with Crippen LogP contribution in [0, 0.1) is 47.3 Å². The summed E-state index contributed by atoms with van der Waals surface area (Å²) in [4.78, 5) is 0. The van der Waals surface area contributed by atoms with Gasteiger partial charge in [0.05, 0.1) is 0 Å². The van der Waals surface area contributed by atoms with E-state index in [1.807, 2.05) is 0 Å². The van der Waals surface area contributed by atoms with Crippen molar-refractivity contribution < 1.29 is 0 Å². The fraction of sp³-hybridized carbons (Fsp3) is 0.935. The van der Waals surface area contributed by atoms with Crippen molar-refractivity contribution in [3.05, 3.63) is 12.7 Å². The minimum atomic E-state index is 0.837. The van der Waals surface area contributed by atoms with E-state index >= 15 is 0 Å². The molecule has 0 aromatic rings. The maximum Gasteiger partial charge on any atom is -0.0236 e. The lowest BCUT2D eigenvalue weighted by Gasteiger charge is -2.37. The van der Waals surface area contributed by atoms with Crippen molar-refractivity contribution in [3.63, 3.8) is 0 Å². The largest absolute Gasteiger partial charge is 0.103 e. The van der Waals surface area contributed by atoms with Crippen LogP contribution in [0.2, 0.25) is 0 Å². The average molecular weight is 429 g/mol. The molecular formula is C31H56. The summed E-state index contributed by atoms with van der Waals surface area (Å²) in [5.41, 5.74) is 0. The van der Waals surface area contributed by atoms with Crippen molar-refractivity contribution in [1.82, 2.24) is 0 Å². The van der Waals surface area contributed by atoms with E-state index < -0.39 is 0 Å². The number of hydrogen-bond donors (Lipinski definition) is 0. The van der Waals surface area contributed by atoms with E-state index in [-0.39, 0.29) is 0 Å². The smallest absolute Gasteiger partial charge is 0.0236 e. The van der Waals surface area contributed by atoms with E-state index in [0.717, 1.165) is 47.3 Å². The lowest BCUT2D eigenvalue weighted by molar-refractivity contribution is 0.147. The standard InChI is InChI=1S/C16H30.C15H26/c1-3-4-14-7-11-16(12-8-14)15-9-5-13(2)6-10-15;1-3-13-6-10-15(11-7-13)14-8-4-12(2)5-9-14/h13-16H,3-12H2,1-2H3;3,12-15H,1,4-11H2,2H3. The predicted octanol–water partition coefficient (Wildman–Crippen LogP) is 10.2. The van der Waals surface area contributed by atoms with Crippen LogP contribution >= 0.6 is 0 Å². The molecule has 31 heavy (non-hydrogen) atoms. The fourth-order valence-electron chi connectivity index (χ4n) is 7.72. The molecule has 180 valence electrons. The van der Waals surface area contributed by atoms with Gasteiger partial charge in [-0.05, 0) is 112 Å². The highest BCUT2D eigenvalue weighted by Crippen LogP contribution is 2.42. The minimum absolute atomic E-state index is 0.837. The third kappa shape index (κ3) is 8.23. The first-order chi connectivity index (χ1) is 15.1. The summed E-state index contributed by atoms with van der Waals surface area (Å²) < 4.78 is 0. The van der Waals surface area contributed by atoms with Gasteiger partial charge in [-0.15, -0.1) is 6.58 Å². The molecule has 0 radical (unpaired) electrons. The summed E-state index contributed by atoms with van der Waals surface area (Å²) in [6.45, 7) is 11.1. The van der Waals surface area contributed by atoms with Crippen molar-refractivity contribution in [3.8, 4) is 0 Å². The molecule has 0 amide bonds. The van der Waals surface area contributed by atoms with Crippen molar-refractivity contribution in [2.24, 2.45) is 47.3 Å². The zero-order valence-electron chi connectivity index (χ0n) is 21.6. The molecule has 0 spiro atoms. The molecule has 0 heteroatoms. The Balaban J connectivity index is 0.000000176. The molecule has 0 N–H and O–H groups in total. The highest BCUT2D eigenvalue weighted by Gasteiger charge is 2.30. The van der Waals surface area contributed by atoms with E-state index in [1.54, 1.807) is 38.5 Å². The second-order valence-corrected chi connectivity index (χ2v) is 12.5. The Morgan fingerprint density at radius 2 is 0.903 bits per heavy atom. The molecule has 4 saturated carbocycles. The Labute approximate surface area is 196 Å². The molecule has 4 aliphatic carbocycles. The Morgan fingerprint density at radius 1 is 0.548 bits per heavy atom. The lowest BCUT2D eigenvalue weighted by Crippen LogP contribution is -2.25. The quantitative estimate of drug-likeness (QED) is 0.382. The van der Waals surface area contributed by atoms with Gasteiger partial charge in [-0.2, -0.15) is 0 Å². The summed E-state index contributed by atoms with van der Waals surface area (Å²) >= 11 is 0. The summed E-state index contributed by atoms with van der Waals surface area (Å²) in [7, 11) is 0. The summed E-state index contributed by atoms with van der Waals surface area (Å²) in [5, 5.41) is 0. The van der Waals surface area contributed by atoms with E-state index in [4.69, 9.17) is 0 Å². The molecule has 0 aliphatic heterocycles. The van der Waals surface area contributed by atoms with Crippen molar-refractivity contribution in [2.45, 2.75) is 136 Å². The van der Waals surface area contributed by atoms with Crippen LogP contribution in [0.25, 0.3) is 0 Å². The second kappa shape index (κ2) is 13.4. The zero-order chi connectivity index (χ0) is 22.1. The van der Waals surface area contributed by atoms with Gasteiger partial charge in [0.1, 0.15) is 0 Å². The molecule has 0 nitrogen and oxygen atoms in total. The monoisotopic (exact) mass is 428 g/mol. The molecule has 0 atom stereocenters. The topological polar surface area (TPSA) is 0 Å². The Bertz CT molecular complexity index is 460. The molecule has 0 bridgehead atoms. The first-order valence-corrected chi connectivity index (χ1v) is 14.7. The average Bonchev–Trinajstić information content (AvgIpc) is 2.81. The number of hydrogen-bond acceptors (Lipinski definition) is 0. The predicted molar refractivity (Wildman–Crippen MR) is 138 cm³/mol. The van der Waals surface area contributed by atoms with Gasteiger partial charge < -0.3 is 0 Å². The molecular weight excluding hydrogens is 372 g/mol. The molecule has 4 aliphatic rings. The molecule has 0 unspecified atom stereocenters. The first kappa shape index (κ1) is 25.4. The minimum Gasteiger partial charge on any atom is -0.103 e. The fourth-order valence-corrected chi connectivity index (χ4v) is 7.72. The van der Waals surface area contributed by atoms with Crippen LogP contribution in [0.15, 0.2) is 12.7 Å². The number of rotatable bonds is 5. The third-order valence-electron chi connectivity index (χ3n) is 10.2. The van der Waals surface area contributed by atoms with Crippen molar-refractivity contribution in [2.75, 3.05) is 0 Å². The van der Waals surface area contributed by atoms with Gasteiger partial charge in [-0.25, -0.2) is 0 Å². The van der Waals surface area contributed by atoms with Crippen LogP contribution < -0.4 is 0 Å². The highest BCUT2D eigenvalue weighted by atomic mass is 14.4. The van der Waals surface area contributed by atoms with Crippen molar-refractivity contribution in [1.29, 1.82) is 0 Å². The Hall–Kier alpha value is -0.260. The summed E-state index contributed by atoms with van der Waals surface area (Å²) in [6, 6.07) is 0. The van der Waals surface area contributed by atoms with Gasteiger partial charge in [0.2, 0.25) is 0 Å². The van der Waals surface area contributed by atoms with Gasteiger partial charge in [0, 0.05) is 0 Å². The zero-order valence-corrected chi connectivity index (χ0v) is 21.6. The molecule has 0 heterocycles. The SMILES string of the molecule is C=CC1CCC(C2CCC(C)CC2)CC1.CCCC1CCC(C2CCC(C)CC2)CC1. The Morgan fingerprint density at radius 3 is 1.26 bits per heavy atom. The van der Waals surface area contributed by atoms with E-state index in [1.165, 1.54) is 77.0 Å². The van der Waals surface area contributed by atoms with Crippen LogP contribution in [-0.4, -0.2) is 0 Å². The van der Waals surface area contributed by atoms with Crippen molar-refractivity contribution >= 4 is 0 Å². The van der Waals surface area contributed by atoms with E-state index in [0.29, 0.717) is 0 Å². The second-order valence-electron chi connectivity index (χ2n) is 12.5.